The molecule has 5 aromatic rings. The highest BCUT2D eigenvalue weighted by Gasteiger charge is 2.30. The first-order valence-corrected chi connectivity index (χ1v) is 12.2. The number of halogens is 1. The molecule has 168 valence electrons. The smallest absolute Gasteiger partial charge is 0.151 e. The van der Waals surface area contributed by atoms with Crippen molar-refractivity contribution in [2.75, 3.05) is 5.32 Å². The van der Waals surface area contributed by atoms with Gasteiger partial charge < -0.3 is 10.1 Å². The summed E-state index contributed by atoms with van der Waals surface area (Å²) in [4.78, 5) is 0. The van der Waals surface area contributed by atoms with Gasteiger partial charge in [0.25, 0.3) is 0 Å². The minimum Gasteiger partial charge on any atom is -0.488 e. The number of aromatic nitrogens is 2. The van der Waals surface area contributed by atoms with Gasteiger partial charge in [0.05, 0.1) is 11.4 Å². The van der Waals surface area contributed by atoms with Gasteiger partial charge in [0.2, 0.25) is 0 Å². The van der Waals surface area contributed by atoms with E-state index in [4.69, 9.17) is 9.84 Å². The fourth-order valence-corrected chi connectivity index (χ4v) is 5.30. The monoisotopic (exact) mass is 509 g/mol. The van der Waals surface area contributed by atoms with Crippen molar-refractivity contribution >= 4 is 32.4 Å². The number of hydrogen-bond acceptors (Lipinski definition) is 3. The molecule has 1 atom stereocenters. The van der Waals surface area contributed by atoms with E-state index in [1.54, 1.807) is 0 Å². The third kappa shape index (κ3) is 3.57. The zero-order valence-corrected chi connectivity index (χ0v) is 20.6. The van der Waals surface area contributed by atoms with Crippen LogP contribution in [0.25, 0.3) is 22.0 Å². The van der Waals surface area contributed by atoms with E-state index in [1.807, 2.05) is 19.1 Å². The first-order valence-electron chi connectivity index (χ1n) is 11.4. The van der Waals surface area contributed by atoms with E-state index < -0.39 is 0 Å². The van der Waals surface area contributed by atoms with Crippen LogP contribution in [0.2, 0.25) is 0 Å². The van der Waals surface area contributed by atoms with Crippen LogP contribution in [0.1, 0.15) is 28.6 Å². The third-order valence-electron chi connectivity index (χ3n) is 6.42. The molecule has 5 heteroatoms. The predicted molar refractivity (Wildman–Crippen MR) is 141 cm³/mol. The first kappa shape index (κ1) is 21.0. The molecule has 0 saturated carbocycles. The second-order valence-corrected chi connectivity index (χ2v) is 9.69. The van der Waals surface area contributed by atoms with Crippen molar-refractivity contribution in [2.24, 2.45) is 0 Å². The number of benzene rings is 4. The van der Waals surface area contributed by atoms with Crippen molar-refractivity contribution in [3.63, 3.8) is 0 Å². The van der Waals surface area contributed by atoms with Crippen LogP contribution in [-0.4, -0.2) is 9.78 Å². The van der Waals surface area contributed by atoms with E-state index in [0.717, 1.165) is 43.8 Å². The summed E-state index contributed by atoms with van der Waals surface area (Å²) in [7, 11) is 0. The van der Waals surface area contributed by atoms with Gasteiger partial charge in [-0.25, -0.2) is 4.68 Å². The summed E-state index contributed by atoms with van der Waals surface area (Å²) in [6.45, 7) is 4.68. The lowest BCUT2D eigenvalue weighted by molar-refractivity contribution is 0.300. The van der Waals surface area contributed by atoms with Crippen LogP contribution in [0.4, 0.5) is 5.69 Å². The highest BCUT2D eigenvalue weighted by Crippen LogP contribution is 2.44. The van der Waals surface area contributed by atoms with Gasteiger partial charge in [0, 0.05) is 21.3 Å². The Labute approximate surface area is 207 Å². The summed E-state index contributed by atoms with van der Waals surface area (Å²) in [5.41, 5.74) is 7.84. The van der Waals surface area contributed by atoms with Gasteiger partial charge in [0.1, 0.15) is 12.4 Å². The molecular weight excluding hydrogens is 486 g/mol. The van der Waals surface area contributed by atoms with Crippen molar-refractivity contribution in [1.82, 2.24) is 9.78 Å². The summed E-state index contributed by atoms with van der Waals surface area (Å²) in [5, 5.41) is 11.0. The maximum absolute atomic E-state index is 6.48. The van der Waals surface area contributed by atoms with Crippen molar-refractivity contribution in [3.8, 4) is 17.0 Å². The van der Waals surface area contributed by atoms with Crippen LogP contribution in [-0.2, 0) is 6.61 Å². The number of rotatable bonds is 4. The van der Waals surface area contributed by atoms with Crippen molar-refractivity contribution in [3.05, 3.63) is 112 Å². The molecule has 6 rings (SSSR count). The Kier molecular flexibility index (Phi) is 5.15. The molecular formula is C29H24BrN3O. The van der Waals surface area contributed by atoms with E-state index >= 15 is 0 Å². The average Bonchev–Trinajstić information content (AvgIpc) is 3.24. The number of anilines is 1. The van der Waals surface area contributed by atoms with Crippen molar-refractivity contribution in [2.45, 2.75) is 26.6 Å². The number of aryl methyl sites for hydroxylation is 2. The fraction of sp³-hybridized carbons (Fsp3) is 0.138. The van der Waals surface area contributed by atoms with Gasteiger partial charge in [-0.3, -0.25) is 0 Å². The van der Waals surface area contributed by atoms with Crippen LogP contribution in [0.5, 0.6) is 5.75 Å². The summed E-state index contributed by atoms with van der Waals surface area (Å²) >= 11 is 3.56. The molecule has 0 bridgehead atoms. The van der Waals surface area contributed by atoms with Gasteiger partial charge in [-0.15, -0.1) is 0 Å². The second-order valence-electron chi connectivity index (χ2n) is 8.78. The Bertz CT molecular complexity index is 1540. The number of nitrogens with one attached hydrogen (secondary N) is 1. The lowest BCUT2D eigenvalue weighted by Crippen LogP contribution is -2.27. The lowest BCUT2D eigenvalue weighted by atomic mass is 9.97. The Hall–Kier alpha value is -3.57. The molecule has 1 N–H and O–H groups in total. The van der Waals surface area contributed by atoms with Crippen molar-refractivity contribution in [1.29, 1.82) is 0 Å². The maximum atomic E-state index is 6.48. The van der Waals surface area contributed by atoms with Gasteiger partial charge in [-0.2, -0.15) is 5.10 Å². The highest BCUT2D eigenvalue weighted by molar-refractivity contribution is 9.10. The summed E-state index contributed by atoms with van der Waals surface area (Å²) < 4.78 is 9.63. The van der Waals surface area contributed by atoms with Crippen LogP contribution in [0.3, 0.4) is 0 Å². The number of para-hydroxylation sites is 1. The molecule has 0 amide bonds. The van der Waals surface area contributed by atoms with E-state index in [0.29, 0.717) is 6.61 Å². The predicted octanol–water partition coefficient (Wildman–Crippen LogP) is 7.63. The topological polar surface area (TPSA) is 39.1 Å². The minimum absolute atomic E-state index is 0.194. The van der Waals surface area contributed by atoms with Gasteiger partial charge >= 0.3 is 0 Å². The normalized spacial score (nSPS) is 14.4. The molecule has 1 aromatic heterocycles. The molecule has 4 nitrogen and oxygen atoms in total. The summed E-state index contributed by atoms with van der Waals surface area (Å²) in [5.74, 6) is 0.854. The zero-order chi connectivity index (χ0) is 23.2. The number of nitrogens with zero attached hydrogens (tertiary/aromatic N) is 2. The summed E-state index contributed by atoms with van der Waals surface area (Å²) in [6.07, 6.45) is -0.194. The molecule has 0 aliphatic carbocycles. The van der Waals surface area contributed by atoms with E-state index in [9.17, 15) is 0 Å². The van der Waals surface area contributed by atoms with Crippen molar-refractivity contribution < 1.29 is 4.74 Å². The Morgan fingerprint density at radius 1 is 0.941 bits per heavy atom. The SMILES string of the molecule is Cc1cc2n(n1)[C@H](c1c(OCc3cccc(Br)c3)ccc3ccccc13)Nc1c(C)cccc1-2. The molecule has 0 unspecified atom stereocenters. The fourth-order valence-electron chi connectivity index (χ4n) is 4.85. The third-order valence-corrected chi connectivity index (χ3v) is 6.91. The molecule has 4 aromatic carbocycles. The molecule has 0 spiro atoms. The van der Waals surface area contributed by atoms with E-state index in [2.05, 4.69) is 106 Å². The Morgan fingerprint density at radius 3 is 2.68 bits per heavy atom. The Morgan fingerprint density at radius 2 is 1.79 bits per heavy atom. The van der Waals surface area contributed by atoms with Crippen LogP contribution in [0.15, 0.2) is 89.4 Å². The molecule has 0 radical (unpaired) electrons. The van der Waals surface area contributed by atoms with Crippen LogP contribution in [0, 0.1) is 13.8 Å². The average molecular weight is 510 g/mol. The lowest BCUT2D eigenvalue weighted by Gasteiger charge is -2.32. The molecule has 0 saturated heterocycles. The molecule has 1 aliphatic heterocycles. The molecule has 2 heterocycles. The van der Waals surface area contributed by atoms with Crippen LogP contribution >= 0.6 is 15.9 Å². The molecule has 0 fully saturated rings. The quantitative estimate of drug-likeness (QED) is 0.270. The van der Waals surface area contributed by atoms with Gasteiger partial charge in [-0.1, -0.05) is 76.6 Å². The number of ether oxygens (including phenoxy) is 1. The zero-order valence-electron chi connectivity index (χ0n) is 19.0. The van der Waals surface area contributed by atoms with Crippen LogP contribution < -0.4 is 10.1 Å². The summed E-state index contributed by atoms with van der Waals surface area (Å²) in [6, 6.07) is 29.5. The maximum Gasteiger partial charge on any atom is 0.151 e. The Balaban J connectivity index is 1.52. The molecule has 1 aliphatic rings. The van der Waals surface area contributed by atoms with E-state index in [-0.39, 0.29) is 6.17 Å². The molecule has 34 heavy (non-hydrogen) atoms. The largest absolute Gasteiger partial charge is 0.488 e. The standard InChI is InChI=1S/C29H24BrN3O/c1-18-7-5-12-24-25-15-19(2)32-33(25)29(31-28(18)24)27-23-11-4-3-9-21(23)13-14-26(27)34-17-20-8-6-10-22(30)16-20/h3-16,29,31H,17H2,1-2H3/t29-/m1/s1. The highest BCUT2D eigenvalue weighted by atomic mass is 79.9. The van der Waals surface area contributed by atoms with Gasteiger partial charge in [0.15, 0.2) is 6.17 Å². The second kappa shape index (κ2) is 8.33. The minimum atomic E-state index is -0.194. The van der Waals surface area contributed by atoms with E-state index in [1.165, 1.54) is 16.5 Å². The number of hydrogen-bond donors (Lipinski definition) is 1. The number of fused-ring (bicyclic) bond motifs is 4. The van der Waals surface area contributed by atoms with Gasteiger partial charge in [-0.05, 0) is 60.0 Å². The first-order chi connectivity index (χ1) is 16.6.